The lowest BCUT2D eigenvalue weighted by atomic mass is 10.0. The number of nitrogens with one attached hydrogen (secondary N) is 1. The summed E-state index contributed by atoms with van der Waals surface area (Å²) >= 11 is 2.23. The summed E-state index contributed by atoms with van der Waals surface area (Å²) in [6.45, 7) is 1.80. The number of aromatic amines is 1. The first-order chi connectivity index (χ1) is 16.0. The lowest BCUT2D eigenvalue weighted by molar-refractivity contribution is 0.247. The van der Waals surface area contributed by atoms with Gasteiger partial charge in [0, 0.05) is 38.7 Å². The van der Waals surface area contributed by atoms with Crippen LogP contribution in [-0.4, -0.2) is 31.5 Å². The molecule has 0 aliphatic heterocycles. The van der Waals surface area contributed by atoms with Gasteiger partial charge < -0.3 is 9.67 Å². The van der Waals surface area contributed by atoms with Crippen molar-refractivity contribution in [2.75, 3.05) is 6.61 Å². The van der Waals surface area contributed by atoms with E-state index >= 15 is 0 Å². The Morgan fingerprint density at radius 2 is 1.88 bits per heavy atom. The number of aryl methyl sites for hydroxylation is 1. The predicted molar refractivity (Wildman–Crippen MR) is 138 cm³/mol. The van der Waals surface area contributed by atoms with E-state index in [2.05, 4.69) is 37.8 Å². The molecular weight excluding hydrogens is 527 g/mol. The summed E-state index contributed by atoms with van der Waals surface area (Å²) in [4.78, 5) is 17.3. The normalized spacial score (nSPS) is 12.2. The van der Waals surface area contributed by atoms with E-state index < -0.39 is 6.04 Å². The van der Waals surface area contributed by atoms with Crippen molar-refractivity contribution >= 4 is 33.5 Å². The number of halogens is 1. The smallest absolute Gasteiger partial charge is 0.251 e. The molecule has 2 N–H and O–H groups in total. The SMILES string of the molecule is Cc1cc(-c2n[nH]c3ccc(-c4ccn([C@H](CO)c5cccc(I)c5)c(=O)c4)cc23)ccn1. The van der Waals surface area contributed by atoms with Crippen LogP contribution >= 0.6 is 22.6 Å². The molecule has 0 unspecified atom stereocenters. The average molecular weight is 548 g/mol. The van der Waals surface area contributed by atoms with Gasteiger partial charge in [0.15, 0.2) is 0 Å². The summed E-state index contributed by atoms with van der Waals surface area (Å²) in [5, 5.41) is 18.6. The van der Waals surface area contributed by atoms with Crippen LogP contribution in [0.15, 0.2) is 83.9 Å². The van der Waals surface area contributed by atoms with Gasteiger partial charge in [0.2, 0.25) is 0 Å². The number of aliphatic hydroxyl groups excluding tert-OH is 1. The average Bonchev–Trinajstić information content (AvgIpc) is 3.24. The molecule has 0 amide bonds. The van der Waals surface area contributed by atoms with E-state index in [1.807, 2.05) is 67.6 Å². The van der Waals surface area contributed by atoms with Crippen molar-refractivity contribution in [2.45, 2.75) is 13.0 Å². The number of pyridine rings is 2. The standard InChI is InChI=1S/C26H21IN4O2/c1-16-11-20(7-9-28-16)26-22-13-17(5-6-23(22)29-30-26)18-8-10-31(25(33)14-18)24(15-32)19-3-2-4-21(27)12-19/h2-14,24,32H,15H2,1H3,(H,29,30)/t24-/m1/s1. The number of nitrogens with zero attached hydrogens (tertiary/aromatic N) is 3. The van der Waals surface area contributed by atoms with E-state index in [1.165, 1.54) is 0 Å². The zero-order valence-electron chi connectivity index (χ0n) is 17.9. The number of aromatic nitrogens is 4. The Morgan fingerprint density at radius 1 is 1.03 bits per heavy atom. The van der Waals surface area contributed by atoms with E-state index in [9.17, 15) is 9.90 Å². The van der Waals surface area contributed by atoms with Crippen LogP contribution in [0.3, 0.4) is 0 Å². The molecule has 5 aromatic rings. The Bertz CT molecular complexity index is 1520. The Morgan fingerprint density at radius 3 is 2.64 bits per heavy atom. The fraction of sp³-hybridized carbons (Fsp3) is 0.115. The monoisotopic (exact) mass is 548 g/mol. The van der Waals surface area contributed by atoms with Crippen LogP contribution in [0.4, 0.5) is 0 Å². The largest absolute Gasteiger partial charge is 0.394 e. The van der Waals surface area contributed by atoms with Crippen LogP contribution in [0.25, 0.3) is 33.3 Å². The molecule has 5 rings (SSSR count). The highest BCUT2D eigenvalue weighted by atomic mass is 127. The Kier molecular flexibility index (Phi) is 5.82. The molecule has 0 aliphatic rings. The summed E-state index contributed by atoms with van der Waals surface area (Å²) in [6, 6.07) is 20.9. The van der Waals surface area contributed by atoms with E-state index in [4.69, 9.17) is 0 Å². The van der Waals surface area contributed by atoms with Crippen LogP contribution < -0.4 is 5.56 Å². The predicted octanol–water partition coefficient (Wildman–Crippen LogP) is 4.95. The van der Waals surface area contributed by atoms with E-state index in [-0.39, 0.29) is 12.2 Å². The number of hydrogen-bond acceptors (Lipinski definition) is 4. The van der Waals surface area contributed by atoms with Crippen LogP contribution in [0.5, 0.6) is 0 Å². The van der Waals surface area contributed by atoms with Gasteiger partial charge in [-0.25, -0.2) is 0 Å². The van der Waals surface area contributed by atoms with Crippen LogP contribution in [0.2, 0.25) is 0 Å². The molecule has 0 fully saturated rings. The number of benzene rings is 2. The number of fused-ring (bicyclic) bond motifs is 1. The number of aliphatic hydroxyl groups is 1. The van der Waals surface area contributed by atoms with Crippen LogP contribution in [0.1, 0.15) is 17.3 Å². The lowest BCUT2D eigenvalue weighted by Crippen LogP contribution is -2.26. The molecule has 0 radical (unpaired) electrons. The maximum Gasteiger partial charge on any atom is 0.251 e. The summed E-state index contributed by atoms with van der Waals surface area (Å²) in [7, 11) is 0. The van der Waals surface area contributed by atoms with Gasteiger partial charge in [0.05, 0.1) is 18.2 Å². The molecule has 2 aromatic carbocycles. The molecule has 6 nitrogen and oxygen atoms in total. The highest BCUT2D eigenvalue weighted by Crippen LogP contribution is 2.30. The van der Waals surface area contributed by atoms with E-state index in [1.54, 1.807) is 23.0 Å². The van der Waals surface area contributed by atoms with Crippen molar-refractivity contribution in [2.24, 2.45) is 0 Å². The molecule has 1 atom stereocenters. The van der Waals surface area contributed by atoms with Crippen molar-refractivity contribution in [3.63, 3.8) is 0 Å². The van der Waals surface area contributed by atoms with Crippen LogP contribution in [0, 0.1) is 10.5 Å². The van der Waals surface area contributed by atoms with Gasteiger partial charge in [-0.2, -0.15) is 5.10 Å². The third kappa shape index (κ3) is 4.21. The quantitative estimate of drug-likeness (QED) is 0.305. The second-order valence-electron chi connectivity index (χ2n) is 7.93. The number of hydrogen-bond donors (Lipinski definition) is 2. The minimum absolute atomic E-state index is 0.158. The van der Waals surface area contributed by atoms with E-state index in [0.717, 1.165) is 48.1 Å². The number of H-pyrrole nitrogens is 1. The third-order valence-corrected chi connectivity index (χ3v) is 6.43. The summed E-state index contributed by atoms with van der Waals surface area (Å²) in [5.41, 5.74) is 6.17. The molecule has 3 heterocycles. The Hall–Kier alpha value is -3.30. The first-order valence-corrected chi connectivity index (χ1v) is 11.6. The Labute approximate surface area is 204 Å². The van der Waals surface area contributed by atoms with Crippen LogP contribution in [-0.2, 0) is 0 Å². The molecule has 3 aromatic heterocycles. The molecule has 33 heavy (non-hydrogen) atoms. The van der Waals surface area contributed by atoms with Crippen molar-refractivity contribution in [1.29, 1.82) is 0 Å². The first kappa shape index (κ1) is 21.5. The fourth-order valence-corrected chi connectivity index (χ4v) is 4.67. The van der Waals surface area contributed by atoms with Gasteiger partial charge >= 0.3 is 0 Å². The van der Waals surface area contributed by atoms with Crippen molar-refractivity contribution in [1.82, 2.24) is 19.7 Å². The molecule has 7 heteroatoms. The molecule has 0 spiro atoms. The molecule has 0 saturated carbocycles. The van der Waals surface area contributed by atoms with Gasteiger partial charge in [0.1, 0.15) is 5.69 Å². The highest BCUT2D eigenvalue weighted by Gasteiger charge is 2.16. The second-order valence-corrected chi connectivity index (χ2v) is 9.18. The minimum atomic E-state index is -0.431. The molecule has 0 bridgehead atoms. The Balaban J connectivity index is 1.55. The number of rotatable bonds is 5. The topological polar surface area (TPSA) is 83.8 Å². The fourth-order valence-electron chi connectivity index (χ4n) is 4.10. The van der Waals surface area contributed by atoms with Crippen molar-refractivity contribution < 1.29 is 5.11 Å². The molecular formula is C26H21IN4O2. The second kappa shape index (κ2) is 8.92. The van der Waals surface area contributed by atoms with Gasteiger partial charge in [-0.1, -0.05) is 18.2 Å². The zero-order valence-corrected chi connectivity index (χ0v) is 20.0. The summed E-state index contributed by atoms with van der Waals surface area (Å²) in [5.74, 6) is 0. The zero-order chi connectivity index (χ0) is 22.9. The first-order valence-electron chi connectivity index (χ1n) is 10.5. The van der Waals surface area contributed by atoms with Gasteiger partial charge in [-0.15, -0.1) is 0 Å². The molecule has 0 saturated heterocycles. The maximum atomic E-state index is 13.0. The summed E-state index contributed by atoms with van der Waals surface area (Å²) < 4.78 is 2.64. The van der Waals surface area contributed by atoms with E-state index in [0.29, 0.717) is 0 Å². The van der Waals surface area contributed by atoms with Gasteiger partial charge in [0.25, 0.3) is 5.56 Å². The highest BCUT2D eigenvalue weighted by molar-refractivity contribution is 14.1. The maximum absolute atomic E-state index is 13.0. The summed E-state index contributed by atoms with van der Waals surface area (Å²) in [6.07, 6.45) is 3.53. The lowest BCUT2D eigenvalue weighted by Gasteiger charge is -2.18. The van der Waals surface area contributed by atoms with Gasteiger partial charge in [-0.05, 0) is 88.7 Å². The van der Waals surface area contributed by atoms with Crippen molar-refractivity contribution in [3.8, 4) is 22.4 Å². The molecule has 164 valence electrons. The van der Waals surface area contributed by atoms with Gasteiger partial charge in [-0.3, -0.25) is 14.9 Å². The third-order valence-electron chi connectivity index (χ3n) is 5.76. The van der Waals surface area contributed by atoms with Crippen molar-refractivity contribution in [3.05, 3.63) is 104 Å². The minimum Gasteiger partial charge on any atom is -0.394 e. The molecule has 0 aliphatic carbocycles.